The molecule has 1 heterocycles. The second kappa shape index (κ2) is 10.1. The number of anilines is 1. The largest absolute Gasteiger partial charge is 0.361 e. The van der Waals surface area contributed by atoms with Crippen molar-refractivity contribution in [1.29, 1.82) is 0 Å². The molecule has 1 aromatic heterocycles. The van der Waals surface area contributed by atoms with E-state index in [-0.39, 0.29) is 0 Å². The fraction of sp³-hybridized carbons (Fsp3) is 0.400. The van der Waals surface area contributed by atoms with Gasteiger partial charge in [-0.05, 0) is 39.0 Å². The van der Waals surface area contributed by atoms with E-state index in [1.165, 1.54) is 16.7 Å². The molecule has 0 atom stereocenters. The van der Waals surface area contributed by atoms with Gasteiger partial charge in [-0.15, -0.1) is 0 Å². The van der Waals surface area contributed by atoms with Crippen LogP contribution >= 0.6 is 0 Å². The summed E-state index contributed by atoms with van der Waals surface area (Å²) in [7, 11) is 4.08. The van der Waals surface area contributed by atoms with Crippen molar-refractivity contribution in [3.8, 4) is 0 Å². The van der Waals surface area contributed by atoms with E-state index in [0.29, 0.717) is 0 Å². The summed E-state index contributed by atoms with van der Waals surface area (Å²) in [5.74, 6) is 2.01. The van der Waals surface area contributed by atoms with Gasteiger partial charge < -0.3 is 14.4 Å². The molecule has 2 aromatic rings. The highest BCUT2D eigenvalue weighted by atomic mass is 15.2. The third kappa shape index (κ3) is 5.41. The van der Waals surface area contributed by atoms with E-state index in [1.807, 2.05) is 20.3 Å². The highest BCUT2D eigenvalue weighted by molar-refractivity contribution is 5.71. The molecule has 0 spiro atoms. The Morgan fingerprint density at radius 2 is 1.83 bits per heavy atom. The summed E-state index contributed by atoms with van der Waals surface area (Å²) in [6, 6.07) is 8.72. The van der Waals surface area contributed by atoms with Crippen molar-refractivity contribution >= 4 is 11.5 Å². The molecule has 0 saturated heterocycles. The first-order valence-electron chi connectivity index (χ1n) is 10.4. The fourth-order valence-corrected chi connectivity index (χ4v) is 3.50. The number of hydrogen-bond donors (Lipinski definition) is 0. The van der Waals surface area contributed by atoms with Crippen LogP contribution in [0.25, 0.3) is 5.70 Å². The minimum Gasteiger partial charge on any atom is -0.361 e. The summed E-state index contributed by atoms with van der Waals surface area (Å²) in [6.07, 6.45) is 5.97. The average Bonchev–Trinajstić information content (AvgIpc) is 3.02. The quantitative estimate of drug-likeness (QED) is 0.489. The molecule has 0 saturated carbocycles. The van der Waals surface area contributed by atoms with Crippen molar-refractivity contribution in [3.63, 3.8) is 0 Å². The van der Waals surface area contributed by atoms with Crippen molar-refractivity contribution in [3.05, 3.63) is 77.9 Å². The SMILES string of the molecule is C=CN(CC)C(=C)c1c(N(C)C)nc(C/C(C)=C/CC)n1Cc1ccc(C)cc1. The molecule has 4 heteroatoms. The normalized spacial score (nSPS) is 11.4. The Morgan fingerprint density at radius 1 is 1.17 bits per heavy atom. The lowest BCUT2D eigenvalue weighted by Crippen LogP contribution is -2.20. The smallest absolute Gasteiger partial charge is 0.156 e. The van der Waals surface area contributed by atoms with Crippen LogP contribution < -0.4 is 4.90 Å². The average molecular weight is 393 g/mol. The summed E-state index contributed by atoms with van der Waals surface area (Å²) >= 11 is 0. The molecule has 0 aliphatic heterocycles. The van der Waals surface area contributed by atoms with Crippen molar-refractivity contribution < 1.29 is 0 Å². The predicted octanol–water partition coefficient (Wildman–Crippen LogP) is 5.64. The van der Waals surface area contributed by atoms with Gasteiger partial charge in [0.1, 0.15) is 11.5 Å². The van der Waals surface area contributed by atoms with Crippen molar-refractivity contribution in [1.82, 2.24) is 14.5 Å². The molecule has 0 radical (unpaired) electrons. The Balaban J connectivity index is 2.64. The van der Waals surface area contributed by atoms with Gasteiger partial charge in [0, 0.05) is 33.6 Å². The summed E-state index contributed by atoms with van der Waals surface area (Å²) in [6.45, 7) is 18.5. The minimum absolute atomic E-state index is 0.763. The molecule has 0 unspecified atom stereocenters. The lowest BCUT2D eigenvalue weighted by Gasteiger charge is -2.24. The molecule has 0 fully saturated rings. The van der Waals surface area contributed by atoms with Crippen molar-refractivity contribution in [2.24, 2.45) is 0 Å². The lowest BCUT2D eigenvalue weighted by molar-refractivity contribution is 0.556. The lowest BCUT2D eigenvalue weighted by atomic mass is 10.1. The number of allylic oxidation sites excluding steroid dienone is 2. The Hall–Kier alpha value is -2.75. The molecule has 1 aromatic carbocycles. The van der Waals surface area contributed by atoms with Crippen LogP contribution in [0.4, 0.5) is 5.82 Å². The molecule has 29 heavy (non-hydrogen) atoms. The maximum Gasteiger partial charge on any atom is 0.156 e. The van der Waals surface area contributed by atoms with Gasteiger partial charge in [-0.25, -0.2) is 4.98 Å². The van der Waals surface area contributed by atoms with E-state index in [9.17, 15) is 0 Å². The number of nitrogens with zero attached hydrogens (tertiary/aromatic N) is 4. The van der Waals surface area contributed by atoms with Crippen LogP contribution in [0.2, 0.25) is 0 Å². The first kappa shape index (κ1) is 22.5. The summed E-state index contributed by atoms with van der Waals surface area (Å²) in [5, 5.41) is 0. The molecule has 0 bridgehead atoms. The zero-order chi connectivity index (χ0) is 21.6. The predicted molar refractivity (Wildman–Crippen MR) is 126 cm³/mol. The highest BCUT2D eigenvalue weighted by Gasteiger charge is 2.23. The van der Waals surface area contributed by atoms with Gasteiger partial charge in [0.05, 0.1) is 5.70 Å². The van der Waals surface area contributed by atoms with Crippen LogP contribution in [-0.2, 0) is 13.0 Å². The van der Waals surface area contributed by atoms with Gasteiger partial charge in [-0.2, -0.15) is 0 Å². The van der Waals surface area contributed by atoms with E-state index < -0.39 is 0 Å². The van der Waals surface area contributed by atoms with Crippen molar-refractivity contribution in [2.75, 3.05) is 25.5 Å². The molecule has 2 rings (SSSR count). The summed E-state index contributed by atoms with van der Waals surface area (Å²) < 4.78 is 2.32. The van der Waals surface area contributed by atoms with Crippen molar-refractivity contribution in [2.45, 2.75) is 47.1 Å². The third-order valence-corrected chi connectivity index (χ3v) is 5.08. The Kier molecular flexibility index (Phi) is 7.89. The monoisotopic (exact) mass is 392 g/mol. The second-order valence-corrected chi connectivity index (χ2v) is 7.72. The standard InChI is InChI=1S/C25H36N4/c1-9-12-20(5)17-23-26-25(27(7)8)24(21(6)28(10-2)11-3)29(23)18-22-15-13-19(4)14-16-22/h10,12-16H,2,6,9,11,17-18H2,1,3-5,7-8H3/b20-12+. The first-order chi connectivity index (χ1) is 13.8. The molecule has 0 aliphatic carbocycles. The number of aryl methyl sites for hydroxylation is 1. The first-order valence-corrected chi connectivity index (χ1v) is 10.4. The van der Waals surface area contributed by atoms with E-state index in [2.05, 4.69) is 85.6 Å². The molecule has 0 aliphatic rings. The number of hydrogen-bond acceptors (Lipinski definition) is 3. The molecule has 0 N–H and O–H groups in total. The number of aromatic nitrogens is 2. The molecule has 0 amide bonds. The highest BCUT2D eigenvalue weighted by Crippen LogP contribution is 2.30. The van der Waals surface area contributed by atoms with Crippen LogP contribution in [0.5, 0.6) is 0 Å². The zero-order valence-electron chi connectivity index (χ0n) is 19.0. The molecular formula is C25H36N4. The Labute approximate surface area is 176 Å². The van der Waals surface area contributed by atoms with Crippen LogP contribution in [0.15, 0.2) is 55.3 Å². The van der Waals surface area contributed by atoms with Gasteiger partial charge in [0.15, 0.2) is 5.82 Å². The van der Waals surface area contributed by atoms with Gasteiger partial charge in [-0.3, -0.25) is 0 Å². The van der Waals surface area contributed by atoms with E-state index in [1.54, 1.807) is 0 Å². The van der Waals surface area contributed by atoms with Crippen LogP contribution in [0, 0.1) is 6.92 Å². The maximum absolute atomic E-state index is 5.04. The van der Waals surface area contributed by atoms with Crippen LogP contribution in [-0.4, -0.2) is 35.1 Å². The molecule has 156 valence electrons. The van der Waals surface area contributed by atoms with Crippen LogP contribution in [0.3, 0.4) is 0 Å². The Bertz CT molecular complexity index is 869. The number of rotatable bonds is 10. The fourth-order valence-electron chi connectivity index (χ4n) is 3.50. The zero-order valence-corrected chi connectivity index (χ0v) is 19.0. The van der Waals surface area contributed by atoms with Crippen LogP contribution in [0.1, 0.15) is 49.8 Å². The molecule has 4 nitrogen and oxygen atoms in total. The summed E-state index contributed by atoms with van der Waals surface area (Å²) in [5.41, 5.74) is 5.84. The van der Waals surface area contributed by atoms with Gasteiger partial charge in [-0.1, -0.05) is 61.6 Å². The van der Waals surface area contributed by atoms with E-state index >= 15 is 0 Å². The van der Waals surface area contributed by atoms with E-state index in [0.717, 1.165) is 49.0 Å². The molecular weight excluding hydrogens is 356 g/mol. The number of imidazole rings is 1. The summed E-state index contributed by atoms with van der Waals surface area (Å²) in [4.78, 5) is 9.20. The number of benzene rings is 1. The topological polar surface area (TPSA) is 24.3 Å². The third-order valence-electron chi connectivity index (χ3n) is 5.08. The van der Waals surface area contributed by atoms with Gasteiger partial charge in [0.2, 0.25) is 0 Å². The maximum atomic E-state index is 5.04. The second-order valence-electron chi connectivity index (χ2n) is 7.72. The Morgan fingerprint density at radius 3 is 2.34 bits per heavy atom. The van der Waals surface area contributed by atoms with Gasteiger partial charge >= 0.3 is 0 Å². The minimum atomic E-state index is 0.763. The van der Waals surface area contributed by atoms with Gasteiger partial charge in [0.25, 0.3) is 0 Å². The van der Waals surface area contributed by atoms with E-state index in [4.69, 9.17) is 4.98 Å².